The average molecular weight is 960 g/mol. The Labute approximate surface area is 396 Å². The van der Waals surface area contributed by atoms with Crippen LogP contribution >= 0.6 is 11.6 Å². The molecule has 2 amide bonds. The molecule has 3 fully saturated rings. The number of likely N-dealkylation sites (tertiary alicyclic amines) is 1. The van der Waals surface area contributed by atoms with Crippen molar-refractivity contribution in [2.75, 3.05) is 70.6 Å². The number of carbonyl (C=O) groups excluding carboxylic acids is 2. The molecule has 68 heavy (non-hydrogen) atoms. The van der Waals surface area contributed by atoms with Gasteiger partial charge >= 0.3 is 11.9 Å². The molecule has 0 bridgehead atoms. The molecule has 3 aliphatic rings. The van der Waals surface area contributed by atoms with Crippen LogP contribution in [0, 0.1) is 12.8 Å². The second kappa shape index (κ2) is 20.7. The van der Waals surface area contributed by atoms with Crippen LogP contribution in [0.1, 0.15) is 96.7 Å². The Morgan fingerprint density at radius 2 is 1.66 bits per heavy atom. The summed E-state index contributed by atoms with van der Waals surface area (Å²) in [5, 5.41) is 4.32. The molecule has 2 aliphatic heterocycles. The number of methoxy groups -OCH3 is 1. The fourth-order valence-electron chi connectivity index (χ4n) is 9.76. The minimum absolute atomic E-state index is 0.0255. The molecule has 0 unspecified atom stereocenters. The Hall–Kier alpha value is -5.98. The third-order valence-electron chi connectivity index (χ3n) is 13.5. The van der Waals surface area contributed by atoms with Crippen molar-refractivity contribution >= 4 is 45.8 Å². The first-order valence-electron chi connectivity index (χ1n) is 23.2. The van der Waals surface area contributed by atoms with Crippen molar-refractivity contribution in [1.82, 2.24) is 34.2 Å². The molecular formula is C49H57ClF3N9O6. The number of benzene rings is 3. The van der Waals surface area contributed by atoms with E-state index >= 15 is 0 Å². The normalized spacial score (nSPS) is 19.0. The summed E-state index contributed by atoms with van der Waals surface area (Å²) < 4.78 is 54.1. The summed E-state index contributed by atoms with van der Waals surface area (Å²) >= 11 is 6.35. The highest BCUT2D eigenvalue weighted by Crippen LogP contribution is 2.43. The maximum Gasteiger partial charge on any atom is 0.416 e. The predicted molar refractivity (Wildman–Crippen MR) is 254 cm³/mol. The standard InChI is InChI=1S/C49H57ClF3N9O6/c1-29(34-23-35(49(51,52)53)26-36(54)24-34)55-45-39-27-38(43(67-3)28-41(39)56-30(2)57-45)31-5-7-32(8-6-31)46(64)61-20-18-59(19-21-61)14-4-22-68-37-11-15-60(16-12-37)47(65)33-9-10-40(50)42(25-33)62-17-13-44(63)58-48(62)66/h9-10,13,17,23-29,31-32,37H,4-8,11-12,14-16,18-22,54H2,1-3H3,(H,55,56,57)(H,58,63,66)/t29-,31?,32?/m1/s1. The van der Waals surface area contributed by atoms with Gasteiger partial charge in [0.25, 0.3) is 11.5 Å². The Morgan fingerprint density at radius 1 is 0.926 bits per heavy atom. The quantitative estimate of drug-likeness (QED) is 0.0794. The number of piperidine rings is 1. The number of nitrogen functional groups attached to an aromatic ring is 1. The lowest BCUT2D eigenvalue weighted by Crippen LogP contribution is -2.50. The lowest BCUT2D eigenvalue weighted by Gasteiger charge is -2.38. The van der Waals surface area contributed by atoms with Crippen molar-refractivity contribution in [3.8, 4) is 11.4 Å². The molecule has 0 spiro atoms. The number of carbonyl (C=O) groups is 2. The number of piperazine rings is 1. The lowest BCUT2D eigenvalue weighted by atomic mass is 9.77. The van der Waals surface area contributed by atoms with E-state index in [9.17, 15) is 32.3 Å². The number of aryl methyl sites for hydroxylation is 1. The molecule has 1 aliphatic carbocycles. The zero-order chi connectivity index (χ0) is 48.3. The minimum Gasteiger partial charge on any atom is -0.496 e. The van der Waals surface area contributed by atoms with Crippen LogP contribution in [0.2, 0.25) is 5.02 Å². The van der Waals surface area contributed by atoms with Crippen LogP contribution in [0.4, 0.5) is 24.7 Å². The molecule has 362 valence electrons. The van der Waals surface area contributed by atoms with E-state index in [0.29, 0.717) is 85.4 Å². The number of hydrogen-bond donors (Lipinski definition) is 3. The topological polar surface area (TPSA) is 181 Å². The molecule has 1 atom stereocenters. The zero-order valence-corrected chi connectivity index (χ0v) is 39.2. The van der Waals surface area contributed by atoms with Gasteiger partial charge in [0, 0.05) is 93.3 Å². The molecule has 4 N–H and O–H groups in total. The van der Waals surface area contributed by atoms with Gasteiger partial charge in [-0.3, -0.25) is 28.8 Å². The summed E-state index contributed by atoms with van der Waals surface area (Å²) in [6.45, 7) is 9.06. The Kier molecular flexibility index (Phi) is 14.8. The van der Waals surface area contributed by atoms with E-state index in [-0.39, 0.29) is 40.5 Å². The molecule has 4 heterocycles. The van der Waals surface area contributed by atoms with E-state index < -0.39 is 29.0 Å². The van der Waals surface area contributed by atoms with Gasteiger partial charge in [-0.25, -0.2) is 14.8 Å². The predicted octanol–water partition coefficient (Wildman–Crippen LogP) is 7.34. The van der Waals surface area contributed by atoms with Crippen LogP contribution in [0.15, 0.2) is 70.4 Å². The number of aromatic nitrogens is 4. The monoisotopic (exact) mass is 959 g/mol. The second-order valence-corrected chi connectivity index (χ2v) is 18.5. The number of nitrogens with two attached hydrogens (primary N) is 1. The smallest absolute Gasteiger partial charge is 0.416 e. The van der Waals surface area contributed by atoms with Gasteiger partial charge in [-0.1, -0.05) is 11.6 Å². The van der Waals surface area contributed by atoms with E-state index in [4.69, 9.17) is 26.8 Å². The van der Waals surface area contributed by atoms with Crippen LogP contribution in [-0.4, -0.2) is 112 Å². The summed E-state index contributed by atoms with van der Waals surface area (Å²) in [4.78, 5) is 68.8. The van der Waals surface area contributed by atoms with Crippen molar-refractivity contribution in [2.24, 2.45) is 5.92 Å². The van der Waals surface area contributed by atoms with Crippen LogP contribution in [0.5, 0.6) is 5.75 Å². The van der Waals surface area contributed by atoms with Crippen LogP contribution in [0.3, 0.4) is 0 Å². The molecule has 2 aromatic heterocycles. The number of aromatic amines is 1. The fraction of sp³-hybridized carbons (Fsp3) is 0.469. The van der Waals surface area contributed by atoms with Crippen molar-refractivity contribution in [3.63, 3.8) is 0 Å². The zero-order valence-electron chi connectivity index (χ0n) is 38.4. The number of H-pyrrole nitrogens is 1. The van der Waals surface area contributed by atoms with Gasteiger partial charge in [0.2, 0.25) is 5.91 Å². The number of hydrogen-bond acceptors (Lipinski definition) is 11. The fourth-order valence-corrected chi connectivity index (χ4v) is 9.97. The van der Waals surface area contributed by atoms with E-state index in [1.165, 1.54) is 22.9 Å². The minimum atomic E-state index is -4.53. The van der Waals surface area contributed by atoms with Gasteiger partial charge in [-0.05, 0) is 118 Å². The molecule has 0 radical (unpaired) electrons. The number of nitrogens with one attached hydrogen (secondary N) is 2. The Bertz CT molecular complexity index is 2760. The highest BCUT2D eigenvalue weighted by molar-refractivity contribution is 6.32. The Balaban J connectivity index is 0.776. The maximum absolute atomic E-state index is 13.8. The summed E-state index contributed by atoms with van der Waals surface area (Å²) in [7, 11) is 1.63. The number of fused-ring (bicyclic) bond motifs is 1. The molecule has 5 aromatic rings. The first kappa shape index (κ1) is 48.5. The lowest BCUT2D eigenvalue weighted by molar-refractivity contribution is -0.139. The number of nitrogens with zero attached hydrogens (tertiary/aromatic N) is 6. The first-order chi connectivity index (χ1) is 32.5. The highest BCUT2D eigenvalue weighted by Gasteiger charge is 2.34. The molecule has 19 heteroatoms. The number of halogens is 4. The van der Waals surface area contributed by atoms with Gasteiger partial charge in [0.1, 0.15) is 17.4 Å². The Morgan fingerprint density at radius 3 is 2.35 bits per heavy atom. The molecule has 2 saturated heterocycles. The van der Waals surface area contributed by atoms with Gasteiger partial charge < -0.3 is 30.3 Å². The molecule has 1 saturated carbocycles. The first-order valence-corrected chi connectivity index (χ1v) is 23.6. The molecular weight excluding hydrogens is 903 g/mol. The summed E-state index contributed by atoms with van der Waals surface area (Å²) in [6, 6.07) is 12.9. The van der Waals surface area contributed by atoms with Crippen molar-refractivity contribution in [3.05, 3.63) is 115 Å². The summed E-state index contributed by atoms with van der Waals surface area (Å²) in [5.74, 6) is 1.82. The van der Waals surface area contributed by atoms with E-state index in [1.807, 2.05) is 17.0 Å². The third kappa shape index (κ3) is 11.1. The van der Waals surface area contributed by atoms with Crippen LogP contribution in [0.25, 0.3) is 16.6 Å². The molecule has 8 rings (SSSR count). The molecule has 15 nitrogen and oxygen atoms in total. The summed E-state index contributed by atoms with van der Waals surface area (Å²) in [6.07, 6.45) is 2.23. The number of rotatable bonds is 13. The van der Waals surface area contributed by atoms with Crippen molar-refractivity contribution in [1.29, 1.82) is 0 Å². The largest absolute Gasteiger partial charge is 0.496 e. The molecule has 3 aromatic carbocycles. The third-order valence-corrected chi connectivity index (χ3v) is 13.8. The number of alkyl halides is 3. The highest BCUT2D eigenvalue weighted by atomic mass is 35.5. The average Bonchev–Trinajstić information content (AvgIpc) is 3.32. The maximum atomic E-state index is 13.8. The van der Waals surface area contributed by atoms with E-state index in [0.717, 1.165) is 74.8 Å². The van der Waals surface area contributed by atoms with E-state index in [1.54, 1.807) is 44.1 Å². The van der Waals surface area contributed by atoms with Crippen LogP contribution < -0.4 is 27.0 Å². The number of anilines is 2. The van der Waals surface area contributed by atoms with Gasteiger partial charge in [0.15, 0.2) is 0 Å². The summed E-state index contributed by atoms with van der Waals surface area (Å²) in [5.41, 5.74) is 6.65. The van der Waals surface area contributed by atoms with E-state index in [2.05, 4.69) is 25.2 Å². The SMILES string of the molecule is COc1cc2nc(C)nc(N[C@H](C)c3cc(N)cc(C(F)(F)F)c3)c2cc1C1CCC(C(=O)N2CCN(CCCOC3CCN(C(=O)c4ccc(Cl)c(-n5ccc(=O)[nH]c5=O)c4)CC3)CC2)CC1. The van der Waals surface area contributed by atoms with Crippen LogP contribution in [-0.2, 0) is 15.7 Å². The number of amides is 2. The van der Waals surface area contributed by atoms with Gasteiger partial charge in [-0.2, -0.15) is 13.2 Å². The second-order valence-electron chi connectivity index (χ2n) is 18.1. The van der Waals surface area contributed by atoms with Gasteiger partial charge in [0.05, 0.1) is 41.0 Å². The number of ether oxygens (including phenoxy) is 2. The van der Waals surface area contributed by atoms with Crippen molar-refractivity contribution < 1.29 is 32.2 Å². The van der Waals surface area contributed by atoms with Crippen molar-refractivity contribution in [2.45, 2.75) is 83.0 Å². The van der Waals surface area contributed by atoms with Gasteiger partial charge in [-0.15, -0.1) is 0 Å².